The minimum atomic E-state index is -1.06. The van der Waals surface area contributed by atoms with Gasteiger partial charge in [0.1, 0.15) is 0 Å². The molecule has 0 aliphatic heterocycles. The maximum atomic E-state index is 11.8. The first kappa shape index (κ1) is 15.2. The molecule has 0 aromatic carbocycles. The number of nitrogens with zero attached hydrogens (tertiary/aromatic N) is 1. The quantitative estimate of drug-likeness (QED) is 0.570. The molecule has 1 aromatic rings. The molecule has 0 bridgehead atoms. The lowest BCUT2D eigenvalue weighted by atomic mass is 10.0. The Bertz CT molecular complexity index is 623. The van der Waals surface area contributed by atoms with Crippen molar-refractivity contribution in [2.24, 2.45) is 5.92 Å². The summed E-state index contributed by atoms with van der Waals surface area (Å²) in [7, 11) is 0. The Labute approximate surface area is 122 Å². The van der Waals surface area contributed by atoms with Gasteiger partial charge < -0.3 is 15.3 Å². The van der Waals surface area contributed by atoms with Gasteiger partial charge in [-0.15, -0.1) is 0 Å². The number of aliphatic hydroxyl groups excluding tert-OH is 3. The lowest BCUT2D eigenvalue weighted by Crippen LogP contribution is -2.37. The maximum absolute atomic E-state index is 11.8. The average molecular weight is 347 g/mol. The Balaban J connectivity index is 2.46. The number of aromatic nitrogens is 2. The number of H-pyrrole nitrogens is 1. The second-order valence-corrected chi connectivity index (χ2v) is 5.28. The van der Waals surface area contributed by atoms with E-state index in [1.165, 1.54) is 21.8 Å². The van der Waals surface area contributed by atoms with Crippen molar-refractivity contribution in [2.45, 2.75) is 24.7 Å². The van der Waals surface area contributed by atoms with Crippen LogP contribution in [0.4, 0.5) is 0 Å². The molecule has 0 saturated heterocycles. The van der Waals surface area contributed by atoms with E-state index in [2.05, 4.69) is 20.9 Å². The van der Waals surface area contributed by atoms with E-state index >= 15 is 0 Å². The molecule has 7 nitrogen and oxygen atoms in total. The van der Waals surface area contributed by atoms with Crippen molar-refractivity contribution in [3.8, 4) is 0 Å². The summed E-state index contributed by atoms with van der Waals surface area (Å²) >= 11 is 3.05. The largest absolute Gasteiger partial charge is 0.396 e. The van der Waals surface area contributed by atoms with E-state index in [4.69, 9.17) is 5.11 Å². The van der Waals surface area contributed by atoms with E-state index in [9.17, 15) is 19.8 Å². The summed E-state index contributed by atoms with van der Waals surface area (Å²) in [5, 5.41) is 29.0. The van der Waals surface area contributed by atoms with E-state index in [1.807, 2.05) is 0 Å². The SMILES string of the molecule is O=c1[nH]c(=O)n(C2CC(O)C(CO)C2O)cc1C=CBr. The highest BCUT2D eigenvalue weighted by atomic mass is 79.9. The molecule has 0 amide bonds. The monoisotopic (exact) mass is 346 g/mol. The van der Waals surface area contributed by atoms with Crippen LogP contribution < -0.4 is 11.2 Å². The minimum Gasteiger partial charge on any atom is -0.396 e. The molecule has 1 heterocycles. The summed E-state index contributed by atoms with van der Waals surface area (Å²) in [5.41, 5.74) is -0.944. The van der Waals surface area contributed by atoms with Crippen molar-refractivity contribution in [1.82, 2.24) is 9.55 Å². The summed E-state index contributed by atoms with van der Waals surface area (Å²) in [6, 6.07) is -0.686. The molecule has 1 fully saturated rings. The molecule has 2 rings (SSSR count). The molecule has 4 unspecified atom stereocenters. The van der Waals surface area contributed by atoms with Crippen LogP contribution in [0.25, 0.3) is 6.08 Å². The van der Waals surface area contributed by atoms with Crippen LogP contribution in [-0.4, -0.2) is 43.7 Å². The van der Waals surface area contributed by atoms with Gasteiger partial charge in [0.2, 0.25) is 0 Å². The zero-order valence-electron chi connectivity index (χ0n) is 10.4. The minimum absolute atomic E-state index is 0.135. The molecule has 1 aromatic heterocycles. The van der Waals surface area contributed by atoms with Gasteiger partial charge in [-0.2, -0.15) is 0 Å². The number of aromatic amines is 1. The molecule has 1 saturated carbocycles. The van der Waals surface area contributed by atoms with Crippen molar-refractivity contribution in [3.63, 3.8) is 0 Å². The van der Waals surface area contributed by atoms with Crippen LogP contribution in [0.3, 0.4) is 0 Å². The molecular formula is C12H15BrN2O5. The molecule has 4 N–H and O–H groups in total. The number of hydrogen-bond acceptors (Lipinski definition) is 5. The maximum Gasteiger partial charge on any atom is 0.328 e. The number of rotatable bonds is 3. The molecule has 4 atom stereocenters. The normalized spacial score (nSPS) is 30.2. The fourth-order valence-corrected chi connectivity index (χ4v) is 2.80. The van der Waals surface area contributed by atoms with Crippen LogP contribution in [-0.2, 0) is 0 Å². The van der Waals surface area contributed by atoms with Crippen LogP contribution in [0, 0.1) is 5.92 Å². The van der Waals surface area contributed by atoms with Crippen LogP contribution in [0.15, 0.2) is 20.8 Å². The van der Waals surface area contributed by atoms with E-state index in [0.29, 0.717) is 0 Å². The van der Waals surface area contributed by atoms with Gasteiger partial charge in [-0.05, 0) is 17.5 Å². The zero-order chi connectivity index (χ0) is 14.9. The Morgan fingerprint density at radius 1 is 1.45 bits per heavy atom. The molecular weight excluding hydrogens is 332 g/mol. The standard InChI is InChI=1S/C12H15BrN2O5/c13-2-1-6-4-15(12(20)14-11(6)19)8-3-9(17)7(5-16)10(8)18/h1-2,4,7-10,16-18H,3,5H2,(H,14,19,20). The van der Waals surface area contributed by atoms with Crippen LogP contribution in [0.5, 0.6) is 0 Å². The summed E-state index contributed by atoms with van der Waals surface area (Å²) < 4.78 is 1.19. The van der Waals surface area contributed by atoms with Gasteiger partial charge in [0.15, 0.2) is 0 Å². The Morgan fingerprint density at radius 2 is 2.15 bits per heavy atom. The highest BCUT2D eigenvalue weighted by molar-refractivity contribution is 9.11. The third kappa shape index (κ3) is 2.64. The number of halogens is 1. The lowest BCUT2D eigenvalue weighted by Gasteiger charge is -2.20. The van der Waals surface area contributed by atoms with Gasteiger partial charge in [-0.3, -0.25) is 14.3 Å². The van der Waals surface area contributed by atoms with Crippen molar-refractivity contribution >= 4 is 22.0 Å². The summed E-state index contributed by atoms with van der Waals surface area (Å²) in [5.74, 6) is -0.700. The van der Waals surface area contributed by atoms with Crippen LogP contribution >= 0.6 is 15.9 Å². The van der Waals surface area contributed by atoms with E-state index < -0.39 is 35.4 Å². The first-order chi connectivity index (χ1) is 9.49. The molecule has 0 radical (unpaired) electrons. The first-order valence-electron chi connectivity index (χ1n) is 6.08. The number of hydrogen-bond donors (Lipinski definition) is 4. The predicted molar refractivity (Wildman–Crippen MR) is 75.5 cm³/mol. The van der Waals surface area contributed by atoms with Crippen molar-refractivity contribution in [3.05, 3.63) is 37.6 Å². The summed E-state index contributed by atoms with van der Waals surface area (Å²) in [6.07, 6.45) is 0.985. The topological polar surface area (TPSA) is 116 Å². The molecule has 8 heteroatoms. The number of nitrogens with one attached hydrogen (secondary N) is 1. The Hall–Kier alpha value is -1.22. The average Bonchev–Trinajstić information content (AvgIpc) is 2.68. The fraction of sp³-hybridized carbons (Fsp3) is 0.500. The van der Waals surface area contributed by atoms with Gasteiger partial charge in [0, 0.05) is 12.1 Å². The molecule has 20 heavy (non-hydrogen) atoms. The van der Waals surface area contributed by atoms with E-state index in [0.717, 1.165) is 0 Å². The molecule has 1 aliphatic carbocycles. The third-order valence-corrected chi connectivity index (χ3v) is 3.88. The summed E-state index contributed by atoms with van der Waals surface area (Å²) in [6.45, 7) is -0.370. The number of aliphatic hydroxyl groups is 3. The highest BCUT2D eigenvalue weighted by Gasteiger charge is 2.42. The Kier molecular flexibility index (Phi) is 4.59. The second-order valence-electron chi connectivity index (χ2n) is 4.75. The molecule has 110 valence electrons. The Morgan fingerprint density at radius 3 is 2.70 bits per heavy atom. The molecule has 0 spiro atoms. The van der Waals surface area contributed by atoms with E-state index in [1.54, 1.807) is 0 Å². The summed E-state index contributed by atoms with van der Waals surface area (Å²) in [4.78, 5) is 27.1. The predicted octanol–water partition coefficient (Wildman–Crippen LogP) is -0.823. The third-order valence-electron chi connectivity index (χ3n) is 3.62. The van der Waals surface area contributed by atoms with Gasteiger partial charge in [0.05, 0.1) is 30.4 Å². The smallest absolute Gasteiger partial charge is 0.328 e. The van der Waals surface area contributed by atoms with Gasteiger partial charge >= 0.3 is 5.69 Å². The zero-order valence-corrected chi connectivity index (χ0v) is 12.0. The first-order valence-corrected chi connectivity index (χ1v) is 7.00. The van der Waals surface area contributed by atoms with Gasteiger partial charge in [-0.25, -0.2) is 4.79 Å². The van der Waals surface area contributed by atoms with Crippen molar-refractivity contribution < 1.29 is 15.3 Å². The molecule has 1 aliphatic rings. The van der Waals surface area contributed by atoms with E-state index in [-0.39, 0.29) is 18.6 Å². The fourth-order valence-electron chi connectivity index (χ4n) is 2.52. The van der Waals surface area contributed by atoms with Crippen molar-refractivity contribution in [1.29, 1.82) is 0 Å². The van der Waals surface area contributed by atoms with Gasteiger partial charge in [0.25, 0.3) is 5.56 Å². The highest BCUT2D eigenvalue weighted by Crippen LogP contribution is 2.34. The van der Waals surface area contributed by atoms with Crippen LogP contribution in [0.2, 0.25) is 0 Å². The van der Waals surface area contributed by atoms with Crippen LogP contribution in [0.1, 0.15) is 18.0 Å². The van der Waals surface area contributed by atoms with Gasteiger partial charge in [-0.1, -0.05) is 15.9 Å². The van der Waals surface area contributed by atoms with Crippen molar-refractivity contribution in [2.75, 3.05) is 6.61 Å². The second kappa shape index (κ2) is 6.04. The lowest BCUT2D eigenvalue weighted by molar-refractivity contribution is 0.0207.